The van der Waals surface area contributed by atoms with E-state index in [1.807, 2.05) is 50.2 Å². The van der Waals surface area contributed by atoms with E-state index in [1.165, 1.54) is 0 Å². The molecule has 28 heavy (non-hydrogen) atoms. The first-order valence-electron chi connectivity index (χ1n) is 8.84. The average Bonchev–Trinajstić information content (AvgIpc) is 3.15. The molecule has 0 spiro atoms. The average molecular weight is 371 g/mol. The van der Waals surface area contributed by atoms with Crippen molar-refractivity contribution in [2.45, 2.75) is 13.8 Å². The number of H-pyrrole nitrogens is 1. The molecule has 0 radical (unpaired) electrons. The van der Waals surface area contributed by atoms with Gasteiger partial charge in [0, 0.05) is 23.3 Å². The molecule has 2 N–H and O–H groups in total. The molecule has 0 atom stereocenters. The van der Waals surface area contributed by atoms with Crippen LogP contribution in [0, 0.1) is 13.8 Å². The monoisotopic (exact) mass is 371 g/mol. The Morgan fingerprint density at radius 2 is 1.71 bits per heavy atom. The van der Waals surface area contributed by atoms with Crippen molar-refractivity contribution >= 4 is 44.6 Å². The van der Waals surface area contributed by atoms with E-state index in [1.54, 1.807) is 11.6 Å². The van der Waals surface area contributed by atoms with Crippen LogP contribution >= 0.6 is 0 Å². The van der Waals surface area contributed by atoms with Crippen molar-refractivity contribution in [3.05, 3.63) is 47.5 Å². The molecule has 0 unspecified atom stereocenters. The summed E-state index contributed by atoms with van der Waals surface area (Å²) in [6.07, 6.45) is 0. The van der Waals surface area contributed by atoms with Gasteiger partial charge in [-0.1, -0.05) is 23.3 Å². The summed E-state index contributed by atoms with van der Waals surface area (Å²) in [6, 6.07) is 12.0. The Labute approximate surface area is 159 Å². The maximum Gasteiger partial charge on any atom is 0.289 e. The lowest BCUT2D eigenvalue weighted by Crippen LogP contribution is -1.86. The van der Waals surface area contributed by atoms with Gasteiger partial charge in [-0.3, -0.25) is 0 Å². The van der Waals surface area contributed by atoms with Gasteiger partial charge in [0.2, 0.25) is 5.88 Å². The number of hydrogen-bond donors (Lipinski definition) is 2. The molecule has 138 valence electrons. The third-order valence-corrected chi connectivity index (χ3v) is 4.90. The summed E-state index contributed by atoms with van der Waals surface area (Å²) < 4.78 is 1.67. The van der Waals surface area contributed by atoms with E-state index in [4.69, 9.17) is 0 Å². The van der Waals surface area contributed by atoms with Crippen LogP contribution in [0.25, 0.3) is 33.0 Å². The fraction of sp³-hybridized carbons (Fsp3) is 0.150. The van der Waals surface area contributed by atoms with E-state index in [2.05, 4.69) is 30.4 Å². The van der Waals surface area contributed by atoms with Crippen LogP contribution in [0.3, 0.4) is 0 Å². The van der Waals surface area contributed by atoms with Gasteiger partial charge in [-0.15, -0.1) is 20.4 Å². The minimum Gasteiger partial charge on any atom is -0.493 e. The molecule has 0 aliphatic rings. The zero-order chi connectivity index (χ0) is 19.4. The number of azo groups is 1. The van der Waals surface area contributed by atoms with Gasteiger partial charge in [-0.2, -0.15) is 4.98 Å². The smallest absolute Gasteiger partial charge is 0.289 e. The molecule has 5 rings (SSSR count). The number of nitrogens with zero attached hydrogens (tertiary/aromatic N) is 6. The summed E-state index contributed by atoms with van der Waals surface area (Å²) in [5.74, 6) is 0.166. The quantitative estimate of drug-likeness (QED) is 0.437. The molecule has 0 saturated carbocycles. The topological polar surface area (TPSA) is 104 Å². The highest BCUT2D eigenvalue weighted by molar-refractivity contribution is 6.03. The lowest BCUT2D eigenvalue weighted by molar-refractivity contribution is 0.436. The summed E-state index contributed by atoms with van der Waals surface area (Å²) in [4.78, 5) is 7.64. The molecular formula is C20H17N7O. The first-order valence-corrected chi connectivity index (χ1v) is 8.84. The van der Waals surface area contributed by atoms with Crippen molar-refractivity contribution in [3.63, 3.8) is 0 Å². The number of aryl methyl sites for hydroxylation is 3. The fourth-order valence-corrected chi connectivity index (χ4v) is 3.44. The van der Waals surface area contributed by atoms with Gasteiger partial charge in [0.1, 0.15) is 5.52 Å². The molecule has 0 fully saturated rings. The number of aromatic nitrogens is 5. The van der Waals surface area contributed by atoms with Crippen LogP contribution in [0.4, 0.5) is 11.6 Å². The van der Waals surface area contributed by atoms with Crippen LogP contribution in [0.5, 0.6) is 5.88 Å². The van der Waals surface area contributed by atoms with Crippen LogP contribution < -0.4 is 0 Å². The summed E-state index contributed by atoms with van der Waals surface area (Å²) in [5, 5.41) is 28.9. The van der Waals surface area contributed by atoms with Crippen molar-refractivity contribution < 1.29 is 5.11 Å². The Bertz CT molecular complexity index is 1410. The van der Waals surface area contributed by atoms with Gasteiger partial charge < -0.3 is 14.7 Å². The Hall–Kier alpha value is -3.81. The molecular weight excluding hydrogens is 354 g/mol. The second-order valence-corrected chi connectivity index (χ2v) is 6.93. The van der Waals surface area contributed by atoms with Gasteiger partial charge in [-0.05, 0) is 38.1 Å². The van der Waals surface area contributed by atoms with Crippen molar-refractivity contribution in [1.82, 2.24) is 24.7 Å². The number of rotatable bonds is 2. The Morgan fingerprint density at radius 3 is 2.54 bits per heavy atom. The second kappa shape index (κ2) is 5.85. The normalized spacial score (nSPS) is 12.1. The van der Waals surface area contributed by atoms with Crippen LogP contribution in [-0.4, -0.2) is 29.8 Å². The maximum atomic E-state index is 10.4. The highest BCUT2D eigenvalue weighted by atomic mass is 16.3. The van der Waals surface area contributed by atoms with Gasteiger partial charge in [0.25, 0.3) is 5.95 Å². The van der Waals surface area contributed by atoms with Crippen LogP contribution in [0.15, 0.2) is 46.6 Å². The lowest BCUT2D eigenvalue weighted by Gasteiger charge is -1.96. The molecule has 0 bridgehead atoms. The van der Waals surface area contributed by atoms with Crippen LogP contribution in [-0.2, 0) is 7.05 Å². The summed E-state index contributed by atoms with van der Waals surface area (Å²) >= 11 is 0. The molecule has 8 nitrogen and oxygen atoms in total. The Morgan fingerprint density at radius 1 is 0.964 bits per heavy atom. The Balaban J connectivity index is 1.61. The molecule has 5 aromatic rings. The van der Waals surface area contributed by atoms with Gasteiger partial charge in [0.15, 0.2) is 11.3 Å². The van der Waals surface area contributed by atoms with E-state index >= 15 is 0 Å². The van der Waals surface area contributed by atoms with Gasteiger partial charge >= 0.3 is 0 Å². The highest BCUT2D eigenvalue weighted by Gasteiger charge is 2.15. The third-order valence-electron chi connectivity index (χ3n) is 4.90. The number of nitrogens with one attached hydrogen (secondary N) is 1. The number of hydrogen-bond acceptors (Lipinski definition) is 6. The van der Waals surface area contributed by atoms with E-state index in [9.17, 15) is 5.11 Å². The number of aromatic amines is 1. The third kappa shape index (κ3) is 2.42. The molecule has 3 aromatic heterocycles. The predicted octanol–water partition coefficient (Wildman–Crippen LogP) is 4.74. The van der Waals surface area contributed by atoms with Crippen LogP contribution in [0.1, 0.15) is 11.1 Å². The number of aromatic hydroxyl groups is 1. The zero-order valence-electron chi connectivity index (χ0n) is 15.6. The molecule has 0 aliphatic carbocycles. The zero-order valence-corrected chi connectivity index (χ0v) is 15.6. The first-order chi connectivity index (χ1) is 13.5. The molecule has 0 amide bonds. The number of benzene rings is 2. The summed E-state index contributed by atoms with van der Waals surface area (Å²) in [6.45, 7) is 4.02. The second-order valence-electron chi connectivity index (χ2n) is 6.93. The van der Waals surface area contributed by atoms with E-state index in [0.29, 0.717) is 16.9 Å². The SMILES string of the molecule is Cc1ccc2c(c1)c(N=Nc1nnc3c(n1)[nH]c1ccc(C)cc13)c(O)n2C. The fourth-order valence-electron chi connectivity index (χ4n) is 3.44. The minimum absolute atomic E-state index is 0.0412. The van der Waals surface area contributed by atoms with E-state index < -0.39 is 0 Å². The minimum atomic E-state index is 0.0412. The lowest BCUT2D eigenvalue weighted by atomic mass is 10.1. The Kier molecular flexibility index (Phi) is 3.42. The standard InChI is InChI=1S/C20H17N7O/c1-10-4-6-14-12(8-10)16-18(21-14)22-20(25-23-16)26-24-17-13-9-11(2)5-7-15(13)27(3)19(17)28/h4-9,28H,1-3H3,(H,21,22,25). The van der Waals surface area contributed by atoms with Gasteiger partial charge in [0.05, 0.1) is 5.52 Å². The van der Waals surface area contributed by atoms with Crippen molar-refractivity contribution in [2.75, 3.05) is 0 Å². The van der Waals surface area contributed by atoms with E-state index in [-0.39, 0.29) is 11.8 Å². The van der Waals surface area contributed by atoms with Crippen molar-refractivity contribution in [3.8, 4) is 5.88 Å². The molecule has 2 aromatic carbocycles. The largest absolute Gasteiger partial charge is 0.493 e. The summed E-state index contributed by atoms with van der Waals surface area (Å²) in [5.41, 5.74) is 5.71. The maximum absolute atomic E-state index is 10.4. The highest BCUT2D eigenvalue weighted by Crippen LogP contribution is 2.38. The van der Waals surface area contributed by atoms with Crippen LogP contribution in [0.2, 0.25) is 0 Å². The molecule has 0 aliphatic heterocycles. The predicted molar refractivity (Wildman–Crippen MR) is 107 cm³/mol. The summed E-state index contributed by atoms with van der Waals surface area (Å²) in [7, 11) is 1.78. The van der Waals surface area contributed by atoms with E-state index in [0.717, 1.165) is 32.9 Å². The molecule has 0 saturated heterocycles. The van der Waals surface area contributed by atoms with Crippen molar-refractivity contribution in [2.24, 2.45) is 17.3 Å². The first kappa shape index (κ1) is 16.4. The molecule has 8 heteroatoms. The molecule has 3 heterocycles. The van der Waals surface area contributed by atoms with Crippen molar-refractivity contribution in [1.29, 1.82) is 0 Å². The number of fused-ring (bicyclic) bond motifs is 4. The van der Waals surface area contributed by atoms with Gasteiger partial charge in [-0.25, -0.2) is 0 Å².